The highest BCUT2D eigenvalue weighted by molar-refractivity contribution is 5.40. The van der Waals surface area contributed by atoms with E-state index < -0.39 is 11.6 Å². The summed E-state index contributed by atoms with van der Waals surface area (Å²) in [5.74, 6) is -1.07. The molecule has 14 heavy (non-hydrogen) atoms. The van der Waals surface area contributed by atoms with Gasteiger partial charge in [-0.25, -0.2) is 13.8 Å². The normalized spacial score (nSPS) is 17.1. The minimum absolute atomic E-state index is 0.203. The maximum atomic E-state index is 13.2. The van der Waals surface area contributed by atoms with Crippen LogP contribution in [0.5, 0.6) is 0 Å². The molecule has 0 amide bonds. The van der Waals surface area contributed by atoms with E-state index in [1.54, 1.807) is 4.90 Å². The molecule has 2 rings (SSSR count). The summed E-state index contributed by atoms with van der Waals surface area (Å²) in [7, 11) is 0. The number of aromatic nitrogens is 1. The molecule has 2 heterocycles. The second-order valence-corrected chi connectivity index (χ2v) is 3.06. The second kappa shape index (κ2) is 3.88. The lowest BCUT2D eigenvalue weighted by atomic mass is 10.3. The third-order valence-corrected chi connectivity index (χ3v) is 2.10. The van der Waals surface area contributed by atoms with E-state index in [1.165, 1.54) is 0 Å². The lowest BCUT2D eigenvalue weighted by Crippen LogP contribution is -2.37. The van der Waals surface area contributed by atoms with Gasteiger partial charge >= 0.3 is 0 Å². The molecule has 0 bridgehead atoms. The standard InChI is InChI=1S/C9H10F2N2O/c10-7-5-8(11)9(12-6-7)13-1-3-14-4-2-13/h5-6H,1-4H2. The van der Waals surface area contributed by atoms with E-state index in [0.29, 0.717) is 26.3 Å². The van der Waals surface area contributed by atoms with E-state index in [-0.39, 0.29) is 5.82 Å². The molecule has 0 N–H and O–H groups in total. The molecule has 0 saturated carbocycles. The average Bonchev–Trinajstić information content (AvgIpc) is 2.19. The Balaban J connectivity index is 2.22. The minimum atomic E-state index is -0.653. The summed E-state index contributed by atoms with van der Waals surface area (Å²) in [6.07, 6.45) is 1.02. The number of hydrogen-bond acceptors (Lipinski definition) is 3. The van der Waals surface area contributed by atoms with Crippen molar-refractivity contribution < 1.29 is 13.5 Å². The largest absolute Gasteiger partial charge is 0.378 e. The summed E-state index contributed by atoms with van der Waals surface area (Å²) >= 11 is 0. The van der Waals surface area contributed by atoms with Crippen molar-refractivity contribution in [3.05, 3.63) is 23.9 Å². The average molecular weight is 200 g/mol. The van der Waals surface area contributed by atoms with Crippen LogP contribution < -0.4 is 4.90 Å². The Hall–Kier alpha value is -1.23. The summed E-state index contributed by atoms with van der Waals surface area (Å²) in [4.78, 5) is 5.47. The third kappa shape index (κ3) is 1.82. The van der Waals surface area contributed by atoms with Crippen LogP contribution in [0.2, 0.25) is 0 Å². The summed E-state index contributed by atoms with van der Waals surface area (Å²) in [5.41, 5.74) is 0. The fourth-order valence-electron chi connectivity index (χ4n) is 1.42. The molecule has 0 atom stereocenters. The molecule has 0 aliphatic carbocycles. The molecule has 0 radical (unpaired) electrons. The van der Waals surface area contributed by atoms with Gasteiger partial charge in [-0.05, 0) is 0 Å². The Morgan fingerprint density at radius 1 is 1.29 bits per heavy atom. The van der Waals surface area contributed by atoms with Crippen molar-refractivity contribution in [3.8, 4) is 0 Å². The highest BCUT2D eigenvalue weighted by Gasteiger charge is 2.16. The zero-order valence-electron chi connectivity index (χ0n) is 7.54. The van der Waals surface area contributed by atoms with Gasteiger partial charge in [-0.2, -0.15) is 0 Å². The van der Waals surface area contributed by atoms with Crippen molar-refractivity contribution in [2.45, 2.75) is 0 Å². The van der Waals surface area contributed by atoms with Crippen LogP contribution in [0.4, 0.5) is 14.6 Å². The van der Waals surface area contributed by atoms with Gasteiger partial charge in [0.05, 0.1) is 19.4 Å². The van der Waals surface area contributed by atoms with Crippen LogP contribution in [0.1, 0.15) is 0 Å². The van der Waals surface area contributed by atoms with Gasteiger partial charge in [-0.1, -0.05) is 0 Å². The first-order chi connectivity index (χ1) is 6.77. The van der Waals surface area contributed by atoms with Crippen molar-refractivity contribution in [2.24, 2.45) is 0 Å². The van der Waals surface area contributed by atoms with Crippen LogP contribution in [0.15, 0.2) is 12.3 Å². The molecule has 1 aromatic rings. The summed E-state index contributed by atoms with van der Waals surface area (Å²) in [6.45, 7) is 2.29. The number of morpholine rings is 1. The van der Waals surface area contributed by atoms with E-state index >= 15 is 0 Å². The predicted octanol–water partition coefficient (Wildman–Crippen LogP) is 1.20. The summed E-state index contributed by atoms with van der Waals surface area (Å²) in [5, 5.41) is 0. The number of hydrogen-bond donors (Lipinski definition) is 0. The van der Waals surface area contributed by atoms with E-state index in [2.05, 4.69) is 4.98 Å². The predicted molar refractivity (Wildman–Crippen MR) is 47.2 cm³/mol. The number of halogens is 2. The first-order valence-corrected chi connectivity index (χ1v) is 4.41. The van der Waals surface area contributed by atoms with Gasteiger partial charge < -0.3 is 9.64 Å². The van der Waals surface area contributed by atoms with Crippen LogP contribution in [0, 0.1) is 11.6 Å². The Morgan fingerprint density at radius 2 is 2.00 bits per heavy atom. The topological polar surface area (TPSA) is 25.4 Å². The van der Waals surface area contributed by atoms with E-state index in [4.69, 9.17) is 4.74 Å². The molecule has 1 aliphatic heterocycles. The van der Waals surface area contributed by atoms with E-state index in [9.17, 15) is 8.78 Å². The van der Waals surface area contributed by atoms with Crippen molar-refractivity contribution in [2.75, 3.05) is 31.2 Å². The zero-order chi connectivity index (χ0) is 9.97. The third-order valence-electron chi connectivity index (χ3n) is 2.10. The number of ether oxygens (including phenoxy) is 1. The Labute approximate surface area is 80.3 Å². The smallest absolute Gasteiger partial charge is 0.168 e. The monoisotopic (exact) mass is 200 g/mol. The van der Waals surface area contributed by atoms with Gasteiger partial charge in [0.2, 0.25) is 0 Å². The molecular weight excluding hydrogens is 190 g/mol. The van der Waals surface area contributed by atoms with Crippen LogP contribution in [-0.4, -0.2) is 31.3 Å². The van der Waals surface area contributed by atoms with Gasteiger partial charge in [-0.15, -0.1) is 0 Å². The van der Waals surface area contributed by atoms with Crippen LogP contribution >= 0.6 is 0 Å². The van der Waals surface area contributed by atoms with Gasteiger partial charge in [0.15, 0.2) is 11.6 Å². The van der Waals surface area contributed by atoms with E-state index in [0.717, 1.165) is 12.3 Å². The van der Waals surface area contributed by atoms with Gasteiger partial charge in [0.25, 0.3) is 0 Å². The van der Waals surface area contributed by atoms with Crippen LogP contribution in [-0.2, 0) is 4.74 Å². The van der Waals surface area contributed by atoms with Crippen molar-refractivity contribution >= 4 is 5.82 Å². The van der Waals surface area contributed by atoms with Crippen LogP contribution in [0.25, 0.3) is 0 Å². The molecule has 0 spiro atoms. The zero-order valence-corrected chi connectivity index (χ0v) is 7.54. The maximum Gasteiger partial charge on any atom is 0.168 e. The molecule has 76 valence electrons. The Morgan fingerprint density at radius 3 is 2.64 bits per heavy atom. The molecule has 1 aromatic heterocycles. The van der Waals surface area contributed by atoms with Crippen molar-refractivity contribution in [3.63, 3.8) is 0 Å². The number of nitrogens with zero attached hydrogens (tertiary/aromatic N) is 2. The first-order valence-electron chi connectivity index (χ1n) is 4.41. The minimum Gasteiger partial charge on any atom is -0.378 e. The van der Waals surface area contributed by atoms with Gasteiger partial charge in [-0.3, -0.25) is 0 Å². The molecular formula is C9H10F2N2O. The molecule has 1 aliphatic rings. The molecule has 0 unspecified atom stereocenters. The summed E-state index contributed by atoms with van der Waals surface area (Å²) < 4.78 is 30.9. The van der Waals surface area contributed by atoms with Crippen LogP contribution in [0.3, 0.4) is 0 Å². The fraction of sp³-hybridized carbons (Fsp3) is 0.444. The molecule has 1 fully saturated rings. The quantitative estimate of drug-likeness (QED) is 0.681. The number of anilines is 1. The van der Waals surface area contributed by atoms with Gasteiger partial charge in [0.1, 0.15) is 5.82 Å². The highest BCUT2D eigenvalue weighted by atomic mass is 19.1. The lowest BCUT2D eigenvalue weighted by molar-refractivity contribution is 0.122. The lowest BCUT2D eigenvalue weighted by Gasteiger charge is -2.27. The van der Waals surface area contributed by atoms with E-state index in [1.807, 2.05) is 0 Å². The number of pyridine rings is 1. The molecule has 0 aromatic carbocycles. The first kappa shape index (κ1) is 9.33. The Kier molecular flexibility index (Phi) is 2.58. The summed E-state index contributed by atoms with van der Waals surface area (Å²) in [6, 6.07) is 0.845. The molecule has 3 nitrogen and oxygen atoms in total. The molecule has 1 saturated heterocycles. The van der Waals surface area contributed by atoms with Crippen molar-refractivity contribution in [1.29, 1.82) is 0 Å². The Bertz CT molecular complexity index is 327. The fourth-order valence-corrected chi connectivity index (χ4v) is 1.42. The highest BCUT2D eigenvalue weighted by Crippen LogP contribution is 2.17. The van der Waals surface area contributed by atoms with Gasteiger partial charge in [0, 0.05) is 19.2 Å². The number of rotatable bonds is 1. The SMILES string of the molecule is Fc1cnc(N2CCOCC2)c(F)c1. The van der Waals surface area contributed by atoms with Crippen molar-refractivity contribution in [1.82, 2.24) is 4.98 Å². The second-order valence-electron chi connectivity index (χ2n) is 3.06. The molecule has 5 heteroatoms. The maximum absolute atomic E-state index is 13.2.